The van der Waals surface area contributed by atoms with Crippen molar-refractivity contribution in [3.8, 4) is 0 Å². The Labute approximate surface area is 180 Å². The molecular weight excluding hydrogens is 496 g/mol. The first-order valence-corrected chi connectivity index (χ1v) is 11.4. The Bertz CT molecular complexity index is 744. The quantitative estimate of drug-likeness (QED) is 0.173. The number of hydrogen-bond donors (Lipinski definition) is 0. The third kappa shape index (κ3) is 6.98. The molecule has 26 heavy (non-hydrogen) atoms. The van der Waals surface area contributed by atoms with Crippen molar-refractivity contribution in [3.05, 3.63) is 56.5 Å². The van der Waals surface area contributed by atoms with Gasteiger partial charge in [-0.1, -0.05) is 31.9 Å². The molecule has 138 valence electrons. The molecule has 0 saturated carbocycles. The zero-order valence-electron chi connectivity index (χ0n) is 15.0. The van der Waals surface area contributed by atoms with E-state index in [1.165, 1.54) is 0 Å². The molecule has 0 amide bonds. The van der Waals surface area contributed by atoms with E-state index in [0.717, 1.165) is 31.4 Å². The highest BCUT2D eigenvalue weighted by Crippen LogP contribution is 2.28. The number of nitrogens with zero attached hydrogens (tertiary/aromatic N) is 4. The van der Waals surface area contributed by atoms with Gasteiger partial charge in [-0.15, -0.1) is 0 Å². The lowest BCUT2D eigenvalue weighted by Gasteiger charge is -2.15. The highest BCUT2D eigenvalue weighted by atomic mass is 79.9. The van der Waals surface area contributed by atoms with Crippen molar-refractivity contribution in [2.24, 2.45) is 9.98 Å². The summed E-state index contributed by atoms with van der Waals surface area (Å²) in [4.78, 5) is 9.05. The van der Waals surface area contributed by atoms with E-state index in [4.69, 9.17) is 0 Å². The molecule has 2 aromatic carbocycles. The monoisotopic (exact) mass is 514 g/mol. The molecule has 0 aliphatic rings. The van der Waals surface area contributed by atoms with Gasteiger partial charge in [0.05, 0.1) is 11.4 Å². The van der Waals surface area contributed by atoms with E-state index in [-0.39, 0.29) is 0 Å². The van der Waals surface area contributed by atoms with Gasteiger partial charge in [-0.3, -0.25) is 8.61 Å². The highest BCUT2D eigenvalue weighted by molar-refractivity contribution is 9.10. The zero-order valence-corrected chi connectivity index (χ0v) is 19.8. The van der Waals surface area contributed by atoms with E-state index in [0.29, 0.717) is 0 Å². The molecule has 0 aliphatic carbocycles. The molecule has 8 heteroatoms. The predicted octanol–water partition coefficient (Wildman–Crippen LogP) is 6.92. The molecule has 0 atom stereocenters. The highest BCUT2D eigenvalue weighted by Gasteiger charge is 2.01. The van der Waals surface area contributed by atoms with E-state index in [1.54, 1.807) is 22.0 Å². The zero-order chi connectivity index (χ0) is 19.1. The molecule has 0 radical (unpaired) electrons. The van der Waals surface area contributed by atoms with Crippen LogP contribution in [0.5, 0.6) is 0 Å². The standard InChI is InChI=1S/C18H20Br2N4S2/c1-13-9-15(19)5-7-17(13)21-11-23(3)25-26-24(4)12-22-18-8-6-16(20)10-14(18)2/h5-12H,1-4H3/b21-11-,22-12-. The molecule has 0 unspecified atom stereocenters. The van der Waals surface area contributed by atoms with Gasteiger partial charge in [-0.25, -0.2) is 9.98 Å². The Kier molecular flexibility index (Phi) is 8.53. The summed E-state index contributed by atoms with van der Waals surface area (Å²) in [6.07, 6.45) is 3.63. The van der Waals surface area contributed by atoms with Crippen LogP contribution in [0.25, 0.3) is 0 Å². The summed E-state index contributed by atoms with van der Waals surface area (Å²) in [7, 11) is 7.09. The maximum absolute atomic E-state index is 4.53. The van der Waals surface area contributed by atoms with Gasteiger partial charge < -0.3 is 0 Å². The van der Waals surface area contributed by atoms with Crippen molar-refractivity contribution in [1.82, 2.24) is 8.61 Å². The molecule has 0 saturated heterocycles. The van der Waals surface area contributed by atoms with Gasteiger partial charge in [0.2, 0.25) is 0 Å². The van der Waals surface area contributed by atoms with Gasteiger partial charge in [0.1, 0.15) is 12.7 Å². The molecule has 0 bridgehead atoms. The number of aryl methyl sites for hydroxylation is 2. The van der Waals surface area contributed by atoms with Crippen LogP contribution in [0.3, 0.4) is 0 Å². The summed E-state index contributed by atoms with van der Waals surface area (Å²) in [5.74, 6) is 0. The van der Waals surface area contributed by atoms with Crippen molar-refractivity contribution < 1.29 is 0 Å². The molecule has 0 heterocycles. The smallest absolute Gasteiger partial charge is 0.102 e. The van der Waals surface area contributed by atoms with Crippen LogP contribution in [0, 0.1) is 13.8 Å². The molecule has 0 N–H and O–H groups in total. The molecule has 2 rings (SSSR count). The van der Waals surface area contributed by atoms with Gasteiger partial charge in [-0.2, -0.15) is 0 Å². The fourth-order valence-corrected chi connectivity index (χ4v) is 4.15. The van der Waals surface area contributed by atoms with Crippen LogP contribution in [-0.4, -0.2) is 35.4 Å². The molecule has 4 nitrogen and oxygen atoms in total. The van der Waals surface area contributed by atoms with Crippen LogP contribution in [0.1, 0.15) is 11.1 Å². The molecule has 0 fully saturated rings. The van der Waals surface area contributed by atoms with E-state index >= 15 is 0 Å². The second kappa shape index (κ2) is 10.4. The van der Waals surface area contributed by atoms with Crippen LogP contribution in [-0.2, 0) is 0 Å². The molecule has 2 aromatic rings. The fourth-order valence-electron chi connectivity index (χ4n) is 1.96. The first-order valence-electron chi connectivity index (χ1n) is 7.76. The van der Waals surface area contributed by atoms with Crippen LogP contribution < -0.4 is 0 Å². The Morgan fingerprint density at radius 2 is 1.15 bits per heavy atom. The maximum atomic E-state index is 4.53. The molecule has 0 spiro atoms. The summed E-state index contributed by atoms with van der Waals surface area (Å²) in [6, 6.07) is 12.1. The molecule has 0 aliphatic heterocycles. The van der Waals surface area contributed by atoms with Crippen LogP contribution in [0.15, 0.2) is 55.3 Å². The predicted molar refractivity (Wildman–Crippen MR) is 125 cm³/mol. The van der Waals surface area contributed by atoms with Crippen molar-refractivity contribution in [2.45, 2.75) is 13.8 Å². The second-order valence-electron chi connectivity index (χ2n) is 5.59. The minimum absolute atomic E-state index is 0.964. The maximum Gasteiger partial charge on any atom is 0.102 e. The van der Waals surface area contributed by atoms with Crippen molar-refractivity contribution in [2.75, 3.05) is 14.1 Å². The van der Waals surface area contributed by atoms with Crippen molar-refractivity contribution >= 4 is 77.9 Å². The average Bonchev–Trinajstić information content (AvgIpc) is 2.58. The average molecular weight is 516 g/mol. The topological polar surface area (TPSA) is 31.2 Å². The first-order chi connectivity index (χ1) is 12.3. The van der Waals surface area contributed by atoms with Crippen LogP contribution >= 0.6 is 53.8 Å². The fraction of sp³-hybridized carbons (Fsp3) is 0.222. The van der Waals surface area contributed by atoms with Crippen molar-refractivity contribution in [1.29, 1.82) is 0 Å². The Balaban J connectivity index is 1.85. The molecule has 0 aromatic heterocycles. The summed E-state index contributed by atoms with van der Waals surface area (Å²) in [5, 5.41) is 0. The Morgan fingerprint density at radius 3 is 1.50 bits per heavy atom. The van der Waals surface area contributed by atoms with Gasteiger partial charge in [0.25, 0.3) is 0 Å². The first kappa shape index (κ1) is 21.3. The Hall–Kier alpha value is -0.960. The number of hydrogen-bond acceptors (Lipinski definition) is 4. The number of rotatable bonds is 7. The van der Waals surface area contributed by atoms with Gasteiger partial charge in [0, 0.05) is 45.0 Å². The molecular formula is C18H20Br2N4S2. The number of halogens is 2. The normalized spacial score (nSPS) is 11.5. The number of benzene rings is 2. The van der Waals surface area contributed by atoms with Gasteiger partial charge in [0.15, 0.2) is 0 Å². The summed E-state index contributed by atoms with van der Waals surface area (Å²) >= 11 is 6.93. The summed E-state index contributed by atoms with van der Waals surface area (Å²) in [5.41, 5.74) is 4.20. The third-order valence-electron chi connectivity index (χ3n) is 3.31. The van der Waals surface area contributed by atoms with Crippen LogP contribution in [0.2, 0.25) is 0 Å². The summed E-state index contributed by atoms with van der Waals surface area (Å²) < 4.78 is 6.05. The Morgan fingerprint density at radius 1 is 0.769 bits per heavy atom. The van der Waals surface area contributed by atoms with Gasteiger partial charge in [-0.05, 0) is 61.4 Å². The SMILES string of the molecule is Cc1cc(Br)ccc1/N=C\N(C)SSN(C)/C=N\c1ccc(Br)cc1C. The largest absolute Gasteiger partial charge is 0.299 e. The van der Waals surface area contributed by atoms with E-state index in [9.17, 15) is 0 Å². The lowest BCUT2D eigenvalue weighted by molar-refractivity contribution is 0.866. The number of aliphatic imine (C=N–C) groups is 2. The van der Waals surface area contributed by atoms with Crippen LogP contribution in [0.4, 0.5) is 11.4 Å². The minimum atomic E-state index is 0.964. The lowest BCUT2D eigenvalue weighted by Crippen LogP contribution is -2.09. The third-order valence-corrected chi connectivity index (χ3v) is 6.63. The van der Waals surface area contributed by atoms with Gasteiger partial charge >= 0.3 is 0 Å². The van der Waals surface area contributed by atoms with E-state index < -0.39 is 0 Å². The summed E-state index contributed by atoms with van der Waals surface area (Å²) in [6.45, 7) is 4.10. The van der Waals surface area contributed by atoms with E-state index in [2.05, 4.69) is 54.0 Å². The van der Waals surface area contributed by atoms with Crippen molar-refractivity contribution in [3.63, 3.8) is 0 Å². The minimum Gasteiger partial charge on any atom is -0.299 e. The lowest BCUT2D eigenvalue weighted by atomic mass is 10.2. The van der Waals surface area contributed by atoms with E-state index in [1.807, 2.05) is 73.5 Å². The second-order valence-corrected chi connectivity index (χ2v) is 9.77.